The molecule has 28 atom stereocenters. The van der Waals surface area contributed by atoms with Crippen molar-refractivity contribution in [1.82, 2.24) is 0 Å². The standard InChI is InChI=1S/C57H83IO18/c1-27-14-33(63-25-27)10-12-55-23-45(61-7)54(76-55)41-19-43(72-55)53-36(66-41)9-8-34(65-53)15-48(60)70-52-32(6)51-40(67-39(52)17-37-31(5)28(2)11-13-62-37)18-38-44(68-51)22-57(71-38)24-46-50(75-57)30(4)21-56(74-46)20-29(3)49-42(73-56)16-35(59)47(69-49)26-64-58/h28-30,32-47,49-54,59H,1,5,8-26H2,2-4,6-7H3/t28-,29+,30+,32+,33+,34-,35-,36+,37-,38-,39+,40+,41-,42+,43?,44-,45-,46+,47-,49+,50+,51+,52-,53+,54?,55-,56-,57+/m1/s1. The van der Waals surface area contributed by atoms with Crippen LogP contribution in [0.25, 0.3) is 0 Å². The van der Waals surface area contributed by atoms with Gasteiger partial charge in [0.2, 0.25) is 0 Å². The summed E-state index contributed by atoms with van der Waals surface area (Å²) in [6.45, 7) is 18.9. The van der Waals surface area contributed by atoms with E-state index in [4.69, 9.17) is 74.1 Å². The minimum Gasteiger partial charge on any atom is -0.459 e. The molecule has 13 fully saturated rings. The van der Waals surface area contributed by atoms with E-state index in [1.54, 1.807) is 7.11 Å². The molecule has 2 unspecified atom stereocenters. The number of esters is 1. The zero-order valence-corrected chi connectivity index (χ0v) is 47.2. The minimum atomic E-state index is -0.888. The van der Waals surface area contributed by atoms with Gasteiger partial charge in [-0.25, -0.2) is 0 Å². The van der Waals surface area contributed by atoms with Crippen molar-refractivity contribution < 1.29 is 84.0 Å². The van der Waals surface area contributed by atoms with E-state index >= 15 is 0 Å². The van der Waals surface area contributed by atoms with E-state index in [9.17, 15) is 9.90 Å². The molecule has 2 spiro atoms. The Bertz CT molecular complexity index is 2150. The maximum absolute atomic E-state index is 14.4. The first-order valence-corrected chi connectivity index (χ1v) is 30.0. The third-order valence-corrected chi connectivity index (χ3v) is 20.6. The van der Waals surface area contributed by atoms with Gasteiger partial charge in [-0.15, -0.1) is 0 Å². The summed E-state index contributed by atoms with van der Waals surface area (Å²) in [5.74, 6) is -2.48. The summed E-state index contributed by atoms with van der Waals surface area (Å²) in [6.07, 6.45) is 3.94. The number of carbonyl (C=O) groups is 1. The van der Waals surface area contributed by atoms with Crippen molar-refractivity contribution >= 4 is 29.0 Å². The maximum atomic E-state index is 14.4. The molecule has 0 aromatic heterocycles. The topological polar surface area (TPSA) is 185 Å². The molecule has 4 bridgehead atoms. The van der Waals surface area contributed by atoms with Crippen LogP contribution >= 0.6 is 23.0 Å². The SMILES string of the molecule is C=C1CO[C@@H](CC[C@]23C[C@@H](OC)C(O2)[C@H]2CC(O3)[C@H]3O[C@@H](CC(=O)O[C@@H]4[C@@H](C)[C@@H]5O[C@@H]6C[C@]7(C[C@@H]8O[C@]9(C[C@H](C)[C@@H]%10O[C@H](COI)[C@H](O)C[C@@H]%10O9)C[C@H](C)[C@@H]8O7)O[C@@H]6C[C@@H]5O[C@H]4C[C@H]4OCC[C@@H](C)C4=C)CC[C@@H]3O2)C1. The molecule has 0 saturated carbocycles. The maximum Gasteiger partial charge on any atom is 0.308 e. The highest BCUT2D eigenvalue weighted by molar-refractivity contribution is 14.1. The van der Waals surface area contributed by atoms with Gasteiger partial charge < -0.3 is 79.2 Å². The van der Waals surface area contributed by atoms with Crippen LogP contribution in [-0.2, 0) is 78.9 Å². The van der Waals surface area contributed by atoms with Gasteiger partial charge in [-0.05, 0) is 61.0 Å². The molecule has 0 aromatic rings. The summed E-state index contributed by atoms with van der Waals surface area (Å²) < 4.78 is 106. The molecular weight excluding hydrogens is 1100 g/mol. The molecule has 0 amide bonds. The highest BCUT2D eigenvalue weighted by Crippen LogP contribution is 2.56. The second-order valence-electron chi connectivity index (χ2n) is 25.6. The predicted octanol–water partition coefficient (Wildman–Crippen LogP) is 6.66. The van der Waals surface area contributed by atoms with Crippen LogP contribution in [-0.4, -0.2) is 184 Å². The van der Waals surface area contributed by atoms with E-state index in [0.717, 1.165) is 36.8 Å². The van der Waals surface area contributed by atoms with E-state index in [2.05, 4.69) is 40.9 Å². The molecule has 0 aromatic carbocycles. The Morgan fingerprint density at radius 2 is 1.43 bits per heavy atom. The van der Waals surface area contributed by atoms with Gasteiger partial charge in [0.25, 0.3) is 0 Å². The van der Waals surface area contributed by atoms with Crippen LogP contribution in [0.1, 0.15) is 130 Å². The Hall–Kier alpha value is -0.960. The van der Waals surface area contributed by atoms with Crippen molar-refractivity contribution in [3.63, 3.8) is 0 Å². The Kier molecular flexibility index (Phi) is 15.2. The number of ether oxygens (including phenoxy) is 15. The van der Waals surface area contributed by atoms with Gasteiger partial charge in [-0.3, -0.25) is 4.79 Å². The van der Waals surface area contributed by atoms with Gasteiger partial charge in [-0.1, -0.05) is 40.9 Å². The summed E-state index contributed by atoms with van der Waals surface area (Å²) in [7, 11) is 1.74. The van der Waals surface area contributed by atoms with E-state index in [1.807, 2.05) is 23.0 Å². The van der Waals surface area contributed by atoms with E-state index < -0.39 is 35.7 Å². The predicted molar refractivity (Wildman–Crippen MR) is 276 cm³/mol. The van der Waals surface area contributed by atoms with Gasteiger partial charge >= 0.3 is 5.97 Å². The molecule has 18 nitrogen and oxygen atoms in total. The normalized spacial score (nSPS) is 54.4. The summed E-state index contributed by atoms with van der Waals surface area (Å²) >= 11 is 1.85. The van der Waals surface area contributed by atoms with Crippen molar-refractivity contribution in [2.75, 3.05) is 26.9 Å². The molecule has 76 heavy (non-hydrogen) atoms. The van der Waals surface area contributed by atoms with Crippen molar-refractivity contribution in [2.24, 2.45) is 23.7 Å². The second kappa shape index (κ2) is 21.3. The lowest BCUT2D eigenvalue weighted by Gasteiger charge is -2.54. The third-order valence-electron chi connectivity index (χ3n) is 20.2. The summed E-state index contributed by atoms with van der Waals surface area (Å²) in [6, 6.07) is 0. The van der Waals surface area contributed by atoms with Crippen LogP contribution in [0, 0.1) is 23.7 Å². The van der Waals surface area contributed by atoms with Crippen molar-refractivity contribution in [1.29, 1.82) is 0 Å². The zero-order chi connectivity index (χ0) is 52.4. The minimum absolute atomic E-state index is 0.0882. The molecule has 19 heteroatoms. The first kappa shape index (κ1) is 54.3. The Morgan fingerprint density at radius 3 is 2.24 bits per heavy atom. The monoisotopic (exact) mass is 1180 g/mol. The number of halogens is 1. The number of hydrogen-bond donors (Lipinski definition) is 1. The Balaban J connectivity index is 0.668. The first-order valence-electron chi connectivity index (χ1n) is 29.1. The zero-order valence-electron chi connectivity index (χ0n) is 45.0. The van der Waals surface area contributed by atoms with Crippen LogP contribution in [0.4, 0.5) is 0 Å². The summed E-state index contributed by atoms with van der Waals surface area (Å²) in [4.78, 5) is 14.4. The average molecular weight is 1180 g/mol. The van der Waals surface area contributed by atoms with Crippen LogP contribution in [0.2, 0.25) is 0 Å². The molecule has 0 radical (unpaired) electrons. The van der Waals surface area contributed by atoms with E-state index in [-0.39, 0.29) is 140 Å². The highest BCUT2D eigenvalue weighted by Gasteiger charge is 2.66. The van der Waals surface area contributed by atoms with Gasteiger partial charge in [0.05, 0.1) is 123 Å². The van der Waals surface area contributed by atoms with Crippen molar-refractivity contribution in [3.05, 3.63) is 24.3 Å². The van der Waals surface area contributed by atoms with Crippen LogP contribution < -0.4 is 0 Å². The quantitative estimate of drug-likeness (QED) is 0.132. The molecule has 426 valence electrons. The highest BCUT2D eigenvalue weighted by atomic mass is 127. The number of rotatable bonds is 11. The molecule has 13 aliphatic heterocycles. The number of hydrogen-bond acceptors (Lipinski definition) is 18. The number of aliphatic hydroxyl groups excluding tert-OH is 1. The molecule has 1 N–H and O–H groups in total. The van der Waals surface area contributed by atoms with Crippen LogP contribution in [0.5, 0.6) is 0 Å². The molecule has 0 aliphatic carbocycles. The summed E-state index contributed by atoms with van der Waals surface area (Å²) in [5.41, 5.74) is 2.16. The van der Waals surface area contributed by atoms with Gasteiger partial charge in [-0.2, -0.15) is 0 Å². The first-order chi connectivity index (χ1) is 36.6. The van der Waals surface area contributed by atoms with Crippen LogP contribution in [0.15, 0.2) is 24.3 Å². The molecule has 13 saturated heterocycles. The number of methoxy groups -OCH3 is 1. The summed E-state index contributed by atoms with van der Waals surface area (Å²) in [5, 5.41) is 11.0. The number of carbonyl (C=O) groups excluding carboxylic acids is 1. The number of fused-ring (bicyclic) bond motifs is 11. The third kappa shape index (κ3) is 10.2. The van der Waals surface area contributed by atoms with E-state index in [0.29, 0.717) is 96.4 Å². The van der Waals surface area contributed by atoms with Gasteiger partial charge in [0, 0.05) is 83.8 Å². The largest absolute Gasteiger partial charge is 0.459 e. The number of aliphatic hydroxyl groups is 1. The van der Waals surface area contributed by atoms with Crippen molar-refractivity contribution in [3.8, 4) is 0 Å². The molecule has 13 rings (SSSR count). The van der Waals surface area contributed by atoms with E-state index in [1.165, 1.54) is 0 Å². The Labute approximate surface area is 461 Å². The fraction of sp³-hybridized carbons (Fsp3) is 0.912. The fourth-order valence-electron chi connectivity index (χ4n) is 16.5. The molecule has 13 aliphatic rings. The molecule has 13 heterocycles. The fourth-order valence-corrected chi connectivity index (χ4v) is 16.8. The van der Waals surface area contributed by atoms with Gasteiger partial charge in [0.15, 0.2) is 17.4 Å². The lowest BCUT2D eigenvalue weighted by Crippen LogP contribution is -2.62. The molecular formula is C57H83IO18. The van der Waals surface area contributed by atoms with Gasteiger partial charge in [0.1, 0.15) is 47.4 Å². The Morgan fingerprint density at radius 1 is 0.684 bits per heavy atom. The average Bonchev–Trinajstić information content (AvgIpc) is 4.24. The lowest BCUT2D eigenvalue weighted by molar-refractivity contribution is -0.371. The van der Waals surface area contributed by atoms with Crippen LogP contribution in [0.3, 0.4) is 0 Å². The van der Waals surface area contributed by atoms with Crippen molar-refractivity contribution in [2.45, 2.75) is 276 Å². The second-order valence-corrected chi connectivity index (χ2v) is 26.3. The smallest absolute Gasteiger partial charge is 0.308 e. The lowest BCUT2D eigenvalue weighted by atomic mass is 9.78.